The van der Waals surface area contributed by atoms with Crippen LogP contribution in [0.25, 0.3) is 0 Å². The van der Waals surface area contributed by atoms with Crippen LogP contribution in [0.3, 0.4) is 0 Å². The fraction of sp³-hybridized carbons (Fsp3) is 0.885. The molecular weight excluding hydrogens is 445 g/mol. The summed E-state index contributed by atoms with van der Waals surface area (Å²) in [5.41, 5.74) is 0. The smallest absolute Gasteiger partial charge is 0.859 e. The summed E-state index contributed by atoms with van der Waals surface area (Å²) in [5, 5.41) is 11.4. The minimum atomic E-state index is -4.05. The first-order valence-corrected chi connectivity index (χ1v) is 14.9. The molecule has 0 saturated carbocycles. The molecule has 0 rings (SSSR count). The molecule has 0 unspecified atom stereocenters. The van der Waals surface area contributed by atoms with Crippen LogP contribution in [0.5, 0.6) is 0 Å². The molecule has 0 radical (unpaired) electrons. The molecule has 0 fully saturated rings. The van der Waals surface area contributed by atoms with E-state index >= 15 is 0 Å². The van der Waals surface area contributed by atoms with Crippen LogP contribution in [0.2, 0.25) is 0 Å². The fourth-order valence-electron chi connectivity index (χ4n) is 3.85. The quantitative estimate of drug-likeness (QED) is 0.0720. The summed E-state index contributed by atoms with van der Waals surface area (Å²) in [6.45, 7) is 2.08. The van der Waals surface area contributed by atoms with Gasteiger partial charge in [0.25, 0.3) is 10.1 Å². The Morgan fingerprint density at radius 2 is 1.09 bits per heavy atom. The minimum Gasteiger partial charge on any atom is -0.859 e. The van der Waals surface area contributed by atoms with Crippen molar-refractivity contribution < 1.29 is 47.6 Å². The number of hydrogen-bond donors (Lipinski definition) is 1. The van der Waals surface area contributed by atoms with Crippen molar-refractivity contribution in [2.24, 2.45) is 4.99 Å². The largest absolute Gasteiger partial charge is 1.00 e. The van der Waals surface area contributed by atoms with Crippen LogP contribution in [0.15, 0.2) is 17.1 Å². The van der Waals surface area contributed by atoms with E-state index in [4.69, 9.17) is 4.55 Å². The summed E-state index contributed by atoms with van der Waals surface area (Å²) < 4.78 is 29.6. The van der Waals surface area contributed by atoms with Crippen molar-refractivity contribution in [1.29, 1.82) is 0 Å². The Morgan fingerprint density at radius 1 is 0.727 bits per heavy atom. The second kappa shape index (κ2) is 26.7. The van der Waals surface area contributed by atoms with Gasteiger partial charge >= 0.3 is 29.6 Å². The van der Waals surface area contributed by atoms with Gasteiger partial charge in [0.1, 0.15) is 0 Å². The predicted octanol–water partition coefficient (Wildman–Crippen LogP) is 4.02. The van der Waals surface area contributed by atoms with Crippen molar-refractivity contribution in [3.05, 3.63) is 12.2 Å². The van der Waals surface area contributed by atoms with Crippen LogP contribution in [0.1, 0.15) is 135 Å². The summed E-state index contributed by atoms with van der Waals surface area (Å²) >= 11 is 0. The SMILES string of the molecule is CCCCCCCCCCCCCCCCCCCCC/C=C/C([O-])=NCCS(=O)(=O)O.[Na+]. The molecule has 0 amide bonds. The van der Waals surface area contributed by atoms with E-state index in [1.165, 1.54) is 122 Å². The normalized spacial score (nSPS) is 12.4. The van der Waals surface area contributed by atoms with Crippen LogP contribution in [-0.4, -0.2) is 31.2 Å². The van der Waals surface area contributed by atoms with E-state index in [2.05, 4.69) is 11.9 Å². The number of allylic oxidation sites excluding steroid dienone is 1. The Balaban J connectivity index is 0. The third-order valence-electron chi connectivity index (χ3n) is 5.85. The van der Waals surface area contributed by atoms with Gasteiger partial charge < -0.3 is 5.11 Å². The summed E-state index contributed by atoms with van der Waals surface area (Å²) in [6, 6.07) is 0. The van der Waals surface area contributed by atoms with Gasteiger partial charge in [-0.25, -0.2) is 0 Å². The third kappa shape index (κ3) is 32.1. The Bertz CT molecular complexity index is 565. The fourth-order valence-corrected chi connectivity index (χ4v) is 4.17. The molecule has 33 heavy (non-hydrogen) atoms. The van der Waals surface area contributed by atoms with Crippen LogP contribution in [-0.2, 0) is 10.1 Å². The third-order valence-corrected chi connectivity index (χ3v) is 6.55. The van der Waals surface area contributed by atoms with Crippen LogP contribution < -0.4 is 34.7 Å². The second-order valence-corrected chi connectivity index (χ2v) is 10.6. The molecule has 0 spiro atoms. The molecule has 0 bridgehead atoms. The van der Waals surface area contributed by atoms with Gasteiger partial charge in [-0.1, -0.05) is 135 Å². The topological polar surface area (TPSA) is 89.8 Å². The van der Waals surface area contributed by atoms with Crippen molar-refractivity contribution in [1.82, 2.24) is 0 Å². The molecule has 0 aliphatic carbocycles. The summed E-state index contributed by atoms with van der Waals surface area (Å²) in [7, 11) is -4.05. The first-order chi connectivity index (χ1) is 15.5. The Hall–Kier alpha value is 0.120. The van der Waals surface area contributed by atoms with Gasteiger partial charge in [0.2, 0.25) is 0 Å². The number of rotatable bonds is 24. The summed E-state index contributed by atoms with van der Waals surface area (Å²) in [5.74, 6) is -0.947. The van der Waals surface area contributed by atoms with E-state index in [-0.39, 0.29) is 36.1 Å². The number of hydrogen-bond acceptors (Lipinski definition) is 4. The van der Waals surface area contributed by atoms with Crippen molar-refractivity contribution >= 4 is 16.0 Å². The van der Waals surface area contributed by atoms with Crippen molar-refractivity contribution in [3.63, 3.8) is 0 Å². The maximum Gasteiger partial charge on any atom is 1.00 e. The predicted molar refractivity (Wildman–Crippen MR) is 136 cm³/mol. The maximum absolute atomic E-state index is 11.4. The molecule has 0 aliphatic heterocycles. The molecule has 0 aromatic heterocycles. The Morgan fingerprint density at radius 3 is 1.45 bits per heavy atom. The van der Waals surface area contributed by atoms with E-state index in [1.54, 1.807) is 6.08 Å². The van der Waals surface area contributed by atoms with Crippen LogP contribution >= 0.6 is 0 Å². The molecule has 0 atom stereocenters. The Labute approximate surface area is 227 Å². The zero-order chi connectivity index (χ0) is 23.8. The van der Waals surface area contributed by atoms with Crippen molar-refractivity contribution in [3.8, 4) is 0 Å². The van der Waals surface area contributed by atoms with E-state index < -0.39 is 21.8 Å². The molecule has 0 aliphatic rings. The molecule has 1 N–H and O–H groups in total. The van der Waals surface area contributed by atoms with Gasteiger partial charge in [-0.15, -0.1) is 0 Å². The van der Waals surface area contributed by atoms with Gasteiger partial charge in [0.05, 0.1) is 12.3 Å². The van der Waals surface area contributed by atoms with Crippen molar-refractivity contribution in [2.45, 2.75) is 135 Å². The second-order valence-electron chi connectivity index (χ2n) is 9.06. The van der Waals surface area contributed by atoms with Crippen LogP contribution in [0.4, 0.5) is 0 Å². The number of unbranched alkanes of at least 4 members (excludes halogenated alkanes) is 19. The zero-order valence-electron chi connectivity index (χ0n) is 21.7. The minimum absolute atomic E-state index is 0. The molecule has 7 heteroatoms. The maximum atomic E-state index is 11.4. The number of nitrogens with zero attached hydrogens (tertiary/aromatic N) is 1. The van der Waals surface area contributed by atoms with E-state index in [0.717, 1.165) is 12.8 Å². The van der Waals surface area contributed by atoms with Crippen molar-refractivity contribution in [2.75, 3.05) is 12.3 Å². The average molecular weight is 496 g/mol. The van der Waals surface area contributed by atoms with E-state index in [0.29, 0.717) is 0 Å². The molecule has 0 aromatic rings. The first-order valence-electron chi connectivity index (χ1n) is 13.3. The van der Waals surface area contributed by atoms with Gasteiger partial charge in [0.15, 0.2) is 0 Å². The van der Waals surface area contributed by atoms with E-state index in [9.17, 15) is 13.5 Å². The number of aliphatic imine (C=N–C) groups is 1. The monoisotopic (exact) mass is 495 g/mol. The summed E-state index contributed by atoms with van der Waals surface area (Å²) in [6.07, 6.45) is 29.9. The van der Waals surface area contributed by atoms with Crippen LogP contribution in [0, 0.1) is 0 Å². The standard InChI is InChI=1S/C26H51NO4S.Na/c1-2-3-4-5-6-7-8-9-10-11-12-13-14-15-16-17-18-19-20-21-22-23-26(28)27-24-25-32(29,30)31;/h22-23H,2-21,24-25H2,1H3,(H,27,28)(H,29,30,31);/q;+1/p-1/b23-22+;. The van der Waals surface area contributed by atoms with Gasteiger partial charge in [-0.3, -0.25) is 9.55 Å². The average Bonchev–Trinajstić information content (AvgIpc) is 2.74. The molecule has 0 saturated heterocycles. The molecule has 190 valence electrons. The summed E-state index contributed by atoms with van der Waals surface area (Å²) in [4.78, 5) is 3.57. The molecule has 5 nitrogen and oxygen atoms in total. The molecular formula is C26H50NNaO4S. The molecule has 0 aromatic carbocycles. The van der Waals surface area contributed by atoms with Gasteiger partial charge in [0, 0.05) is 0 Å². The zero-order valence-corrected chi connectivity index (χ0v) is 24.6. The van der Waals surface area contributed by atoms with Gasteiger partial charge in [-0.2, -0.15) is 8.42 Å². The molecule has 0 heterocycles. The first kappa shape index (κ1) is 35.3. The Kier molecular flexibility index (Phi) is 28.6. The van der Waals surface area contributed by atoms with E-state index in [1.807, 2.05) is 0 Å². The van der Waals surface area contributed by atoms with Gasteiger partial charge in [-0.05, 0) is 18.7 Å².